The Hall–Kier alpha value is -2.65. The van der Waals surface area contributed by atoms with E-state index in [1.165, 1.54) is 35.9 Å². The van der Waals surface area contributed by atoms with E-state index in [-0.39, 0.29) is 24.1 Å². The van der Waals surface area contributed by atoms with Gasteiger partial charge in [-0.1, -0.05) is 37.1 Å². The average molecular weight is 469 g/mol. The minimum atomic E-state index is -0.213. The van der Waals surface area contributed by atoms with Crippen LogP contribution in [0.15, 0.2) is 40.9 Å². The minimum absolute atomic E-state index is 0.000770. The summed E-state index contributed by atoms with van der Waals surface area (Å²) in [4.78, 5) is 25.7. The first kappa shape index (κ1) is 21.2. The highest BCUT2D eigenvalue weighted by Crippen LogP contribution is 2.34. The van der Waals surface area contributed by atoms with E-state index in [1.54, 1.807) is 29.5 Å². The fraction of sp³-hybridized carbons (Fsp3) is 0.391. The molecule has 0 unspecified atom stereocenters. The number of carbonyl (C=O) groups is 2. The van der Waals surface area contributed by atoms with Crippen molar-refractivity contribution in [3.8, 4) is 5.75 Å². The summed E-state index contributed by atoms with van der Waals surface area (Å²) in [6, 6.07) is 9.73. The molecule has 1 aromatic carbocycles. The van der Waals surface area contributed by atoms with Gasteiger partial charge < -0.3 is 14.6 Å². The summed E-state index contributed by atoms with van der Waals surface area (Å²) in [7, 11) is 0. The summed E-state index contributed by atoms with van der Waals surface area (Å²) in [5, 5.41) is 14.6. The monoisotopic (exact) mass is 468 g/mol. The second kappa shape index (κ2) is 9.46. The number of thioether (sulfide) groups is 1. The van der Waals surface area contributed by atoms with Crippen LogP contribution in [0.1, 0.15) is 59.2 Å². The van der Waals surface area contributed by atoms with Gasteiger partial charge >= 0.3 is 0 Å². The third kappa shape index (κ3) is 4.59. The Bertz CT molecular complexity index is 1120. The normalized spacial score (nSPS) is 16.3. The number of rotatable bonds is 7. The highest BCUT2D eigenvalue weighted by molar-refractivity contribution is 7.99. The van der Waals surface area contributed by atoms with Crippen molar-refractivity contribution in [1.29, 1.82) is 0 Å². The van der Waals surface area contributed by atoms with Crippen molar-refractivity contribution in [1.82, 2.24) is 14.8 Å². The smallest absolute Gasteiger partial charge is 0.262 e. The number of hydrogen-bond donors (Lipinski definition) is 1. The van der Waals surface area contributed by atoms with Crippen LogP contribution in [-0.2, 0) is 11.2 Å². The molecule has 1 amide bonds. The number of carbonyl (C=O) groups excluding carboxylic acids is 2. The number of thiophene rings is 1. The Balaban J connectivity index is 1.33. The van der Waals surface area contributed by atoms with Crippen LogP contribution >= 0.6 is 23.1 Å². The Morgan fingerprint density at radius 1 is 1.22 bits per heavy atom. The van der Waals surface area contributed by atoms with Gasteiger partial charge in [0.05, 0.1) is 11.4 Å². The number of amides is 1. The quantitative estimate of drug-likeness (QED) is 0.398. The molecule has 5 rings (SSSR count). The van der Waals surface area contributed by atoms with Crippen molar-refractivity contribution < 1.29 is 14.3 Å². The molecular weight excluding hydrogens is 444 g/mol. The summed E-state index contributed by atoms with van der Waals surface area (Å²) < 4.78 is 7.65. The van der Waals surface area contributed by atoms with Crippen molar-refractivity contribution in [3.05, 3.63) is 52.0 Å². The van der Waals surface area contributed by atoms with Gasteiger partial charge in [-0.3, -0.25) is 9.59 Å². The largest absolute Gasteiger partial charge is 0.482 e. The number of ether oxygens (including phenoxy) is 1. The van der Waals surface area contributed by atoms with Gasteiger partial charge in [0, 0.05) is 22.9 Å². The third-order valence-electron chi connectivity index (χ3n) is 5.85. The van der Waals surface area contributed by atoms with E-state index in [0.29, 0.717) is 23.0 Å². The van der Waals surface area contributed by atoms with Gasteiger partial charge in [-0.25, -0.2) is 0 Å². The van der Waals surface area contributed by atoms with E-state index in [1.807, 2.05) is 0 Å². The number of fused-ring (bicyclic) bond motifs is 1. The van der Waals surface area contributed by atoms with E-state index >= 15 is 0 Å². The van der Waals surface area contributed by atoms with Crippen LogP contribution < -0.4 is 10.1 Å². The molecule has 1 N–H and O–H groups in total. The average Bonchev–Trinajstić information content (AvgIpc) is 3.47. The Morgan fingerprint density at radius 3 is 2.91 bits per heavy atom. The Morgan fingerprint density at radius 2 is 2.09 bits per heavy atom. The molecule has 32 heavy (non-hydrogen) atoms. The van der Waals surface area contributed by atoms with Gasteiger partial charge in [0.25, 0.3) is 5.91 Å². The predicted octanol–water partition coefficient (Wildman–Crippen LogP) is 4.74. The molecule has 166 valence electrons. The molecule has 0 saturated heterocycles. The molecule has 1 saturated carbocycles. The SMILES string of the molecule is O=C1COc2ccc(C(=O)CSc3nnc(Cc4cccs4)n3C3CCCCC3)cc2N1. The molecule has 0 bridgehead atoms. The summed E-state index contributed by atoms with van der Waals surface area (Å²) in [6.45, 7) is 0.000770. The van der Waals surface area contributed by atoms with E-state index < -0.39 is 0 Å². The lowest BCUT2D eigenvalue weighted by Crippen LogP contribution is -2.25. The van der Waals surface area contributed by atoms with E-state index in [9.17, 15) is 9.59 Å². The molecule has 0 spiro atoms. The van der Waals surface area contributed by atoms with Crippen LogP contribution in [0.5, 0.6) is 5.75 Å². The number of anilines is 1. The van der Waals surface area contributed by atoms with Gasteiger partial charge in [-0.2, -0.15) is 0 Å². The first-order valence-electron chi connectivity index (χ1n) is 10.9. The molecule has 3 heterocycles. The molecule has 2 aliphatic rings. The van der Waals surface area contributed by atoms with Crippen molar-refractivity contribution in [2.75, 3.05) is 17.7 Å². The van der Waals surface area contributed by atoms with Gasteiger partial charge in [0.2, 0.25) is 0 Å². The lowest BCUT2D eigenvalue weighted by molar-refractivity contribution is -0.118. The fourth-order valence-corrected chi connectivity index (χ4v) is 5.89. The van der Waals surface area contributed by atoms with Crippen molar-refractivity contribution in [2.24, 2.45) is 0 Å². The summed E-state index contributed by atoms with van der Waals surface area (Å²) in [6.07, 6.45) is 6.72. The van der Waals surface area contributed by atoms with Gasteiger partial charge in [0.1, 0.15) is 11.6 Å². The number of nitrogens with one attached hydrogen (secondary N) is 1. The number of ketones is 1. The number of aromatic nitrogens is 3. The van der Waals surface area contributed by atoms with E-state index in [4.69, 9.17) is 4.74 Å². The highest BCUT2D eigenvalue weighted by atomic mass is 32.2. The molecule has 2 aromatic heterocycles. The third-order valence-corrected chi connectivity index (χ3v) is 7.67. The van der Waals surface area contributed by atoms with Crippen molar-refractivity contribution in [2.45, 2.75) is 49.7 Å². The zero-order valence-electron chi connectivity index (χ0n) is 17.6. The maximum absolute atomic E-state index is 12.9. The van der Waals surface area contributed by atoms with Crippen LogP contribution in [-0.4, -0.2) is 38.8 Å². The molecule has 1 aliphatic carbocycles. The van der Waals surface area contributed by atoms with Crippen LogP contribution in [0, 0.1) is 0 Å². The van der Waals surface area contributed by atoms with Crippen LogP contribution in [0.25, 0.3) is 0 Å². The van der Waals surface area contributed by atoms with Gasteiger partial charge in [-0.05, 0) is 42.5 Å². The Kier molecular flexibility index (Phi) is 6.27. The maximum atomic E-state index is 12.9. The number of Topliss-reactive ketones (excluding diaryl/α,β-unsaturated/α-hetero) is 1. The number of hydrogen-bond acceptors (Lipinski definition) is 7. The zero-order valence-corrected chi connectivity index (χ0v) is 19.2. The predicted molar refractivity (Wildman–Crippen MR) is 125 cm³/mol. The molecule has 0 atom stereocenters. The van der Waals surface area contributed by atoms with Crippen molar-refractivity contribution in [3.63, 3.8) is 0 Å². The highest BCUT2D eigenvalue weighted by Gasteiger charge is 2.24. The molecular formula is C23H24N4O3S2. The molecule has 1 fully saturated rings. The van der Waals surface area contributed by atoms with Crippen LogP contribution in [0.2, 0.25) is 0 Å². The minimum Gasteiger partial charge on any atom is -0.482 e. The van der Waals surface area contributed by atoms with E-state index in [0.717, 1.165) is 30.2 Å². The second-order valence-electron chi connectivity index (χ2n) is 8.08. The number of nitrogens with zero attached hydrogens (tertiary/aromatic N) is 3. The molecule has 9 heteroatoms. The summed E-state index contributed by atoms with van der Waals surface area (Å²) >= 11 is 3.17. The molecule has 1 aliphatic heterocycles. The summed E-state index contributed by atoms with van der Waals surface area (Å²) in [5.74, 6) is 1.59. The van der Waals surface area contributed by atoms with Crippen LogP contribution in [0.3, 0.4) is 0 Å². The second-order valence-corrected chi connectivity index (χ2v) is 10.1. The maximum Gasteiger partial charge on any atom is 0.262 e. The molecule has 3 aromatic rings. The van der Waals surface area contributed by atoms with Gasteiger partial charge in [0.15, 0.2) is 17.5 Å². The number of benzene rings is 1. The lowest BCUT2D eigenvalue weighted by atomic mass is 9.95. The first-order chi connectivity index (χ1) is 15.7. The summed E-state index contributed by atoms with van der Waals surface area (Å²) in [5.41, 5.74) is 1.09. The molecule has 0 radical (unpaired) electrons. The Labute approximate surface area is 194 Å². The molecule has 7 nitrogen and oxygen atoms in total. The lowest BCUT2D eigenvalue weighted by Gasteiger charge is -2.25. The van der Waals surface area contributed by atoms with Crippen LogP contribution in [0.4, 0.5) is 5.69 Å². The fourth-order valence-electron chi connectivity index (χ4n) is 4.27. The topological polar surface area (TPSA) is 86.1 Å². The zero-order chi connectivity index (χ0) is 21.9. The van der Waals surface area contributed by atoms with E-state index in [2.05, 4.69) is 37.6 Å². The van der Waals surface area contributed by atoms with Crippen molar-refractivity contribution >= 4 is 40.5 Å². The first-order valence-corrected chi connectivity index (χ1v) is 12.7. The standard InChI is InChI=1S/C23H24N4O3S2/c28-19(15-8-9-20-18(11-15)24-22(29)13-30-20)14-32-23-26-25-21(12-17-7-4-10-31-17)27(23)16-5-2-1-3-6-16/h4,7-11,16H,1-3,5-6,12-14H2,(H,24,29). The van der Waals surface area contributed by atoms with Gasteiger partial charge in [-0.15, -0.1) is 21.5 Å².